The monoisotopic (exact) mass is 304 g/mol. The molecule has 0 spiro atoms. The Morgan fingerprint density at radius 1 is 1.10 bits per heavy atom. The van der Waals surface area contributed by atoms with Gasteiger partial charge in [0.1, 0.15) is 0 Å². The van der Waals surface area contributed by atoms with Crippen molar-refractivity contribution in [1.82, 2.24) is 0 Å². The Kier molecular flexibility index (Phi) is 4.53. The van der Waals surface area contributed by atoms with E-state index in [0.717, 1.165) is 18.8 Å². The van der Waals surface area contributed by atoms with E-state index in [1.54, 1.807) is 18.2 Å². The predicted molar refractivity (Wildman–Crippen MR) is 87.1 cm³/mol. The molecule has 0 radical (unpaired) electrons. The highest BCUT2D eigenvalue weighted by Gasteiger charge is 2.13. The Morgan fingerprint density at radius 3 is 2.29 bits per heavy atom. The average Bonchev–Trinajstić information content (AvgIpc) is 2.44. The van der Waals surface area contributed by atoms with Crippen LogP contribution in [0.1, 0.15) is 12.5 Å². The van der Waals surface area contributed by atoms with Crippen LogP contribution in [0.15, 0.2) is 53.4 Å². The molecule has 0 heterocycles. The van der Waals surface area contributed by atoms with Crippen molar-refractivity contribution in [3.63, 3.8) is 0 Å². The van der Waals surface area contributed by atoms with Crippen molar-refractivity contribution < 1.29 is 8.42 Å². The molecule has 0 atom stereocenters. The molecule has 21 heavy (non-hydrogen) atoms. The van der Waals surface area contributed by atoms with E-state index < -0.39 is 9.84 Å². The Balaban J connectivity index is 2.29. The van der Waals surface area contributed by atoms with Gasteiger partial charge < -0.3 is 10.6 Å². The summed E-state index contributed by atoms with van der Waals surface area (Å²) < 4.78 is 23.2. The van der Waals surface area contributed by atoms with Crippen LogP contribution in [0.2, 0.25) is 0 Å². The fourth-order valence-corrected chi connectivity index (χ4v) is 3.06. The second-order valence-corrected chi connectivity index (χ2v) is 6.98. The summed E-state index contributed by atoms with van der Waals surface area (Å²) in [6.45, 7) is 3.63. The number of nitrogens with zero attached hydrogens (tertiary/aromatic N) is 1. The first-order chi connectivity index (χ1) is 9.91. The van der Waals surface area contributed by atoms with Gasteiger partial charge in [0, 0.05) is 25.0 Å². The van der Waals surface area contributed by atoms with Crippen LogP contribution in [-0.2, 0) is 16.4 Å². The fraction of sp³-hybridized carbons (Fsp3) is 0.250. The topological polar surface area (TPSA) is 63.4 Å². The summed E-state index contributed by atoms with van der Waals surface area (Å²) in [6, 6.07) is 15.2. The van der Waals surface area contributed by atoms with E-state index in [0.29, 0.717) is 5.69 Å². The summed E-state index contributed by atoms with van der Waals surface area (Å²) >= 11 is 0. The molecule has 2 N–H and O–H groups in total. The van der Waals surface area contributed by atoms with Gasteiger partial charge in [-0.1, -0.05) is 30.3 Å². The van der Waals surface area contributed by atoms with Crippen LogP contribution in [0.25, 0.3) is 0 Å². The van der Waals surface area contributed by atoms with Crippen molar-refractivity contribution in [2.45, 2.75) is 18.4 Å². The maximum atomic E-state index is 11.6. The molecule has 2 aromatic rings. The largest absolute Gasteiger partial charge is 0.398 e. The van der Waals surface area contributed by atoms with Gasteiger partial charge >= 0.3 is 0 Å². The quantitative estimate of drug-likeness (QED) is 0.863. The van der Waals surface area contributed by atoms with Crippen LogP contribution in [-0.4, -0.2) is 21.2 Å². The van der Waals surface area contributed by atoms with E-state index in [-0.39, 0.29) is 4.90 Å². The molecule has 0 aromatic heterocycles. The van der Waals surface area contributed by atoms with E-state index >= 15 is 0 Å². The number of nitrogen functional groups attached to an aromatic ring is 1. The van der Waals surface area contributed by atoms with Gasteiger partial charge in [-0.15, -0.1) is 0 Å². The lowest BCUT2D eigenvalue weighted by molar-refractivity contribution is 0.602. The van der Waals surface area contributed by atoms with Gasteiger partial charge in [-0.25, -0.2) is 8.42 Å². The van der Waals surface area contributed by atoms with E-state index in [9.17, 15) is 8.42 Å². The van der Waals surface area contributed by atoms with Crippen molar-refractivity contribution in [3.05, 3.63) is 54.1 Å². The summed E-state index contributed by atoms with van der Waals surface area (Å²) in [5, 5.41) is 0. The van der Waals surface area contributed by atoms with E-state index in [2.05, 4.69) is 24.0 Å². The molecular weight excluding hydrogens is 284 g/mol. The van der Waals surface area contributed by atoms with Crippen LogP contribution >= 0.6 is 0 Å². The van der Waals surface area contributed by atoms with Crippen LogP contribution in [0.5, 0.6) is 0 Å². The van der Waals surface area contributed by atoms with Crippen molar-refractivity contribution in [1.29, 1.82) is 0 Å². The van der Waals surface area contributed by atoms with E-state index in [4.69, 9.17) is 5.73 Å². The lowest BCUT2D eigenvalue weighted by Crippen LogP contribution is -2.22. The SMILES string of the molecule is CCN(Cc1ccccc1)c1ccc(S(C)(=O)=O)c(N)c1. The summed E-state index contributed by atoms with van der Waals surface area (Å²) in [5.74, 6) is 0. The Hall–Kier alpha value is -2.01. The first kappa shape index (κ1) is 15.4. The smallest absolute Gasteiger partial charge is 0.177 e. The third-order valence-corrected chi connectivity index (χ3v) is 4.53. The number of benzene rings is 2. The molecule has 0 aliphatic heterocycles. The van der Waals surface area contributed by atoms with Crippen molar-refractivity contribution in [2.75, 3.05) is 23.4 Å². The first-order valence-electron chi connectivity index (χ1n) is 6.80. The molecule has 5 heteroatoms. The Labute approximate surface area is 126 Å². The summed E-state index contributed by atoms with van der Waals surface area (Å²) in [4.78, 5) is 2.33. The van der Waals surface area contributed by atoms with Crippen LogP contribution in [0, 0.1) is 0 Å². The molecule has 0 bridgehead atoms. The van der Waals surface area contributed by atoms with Gasteiger partial charge in [0.2, 0.25) is 0 Å². The number of hydrogen-bond acceptors (Lipinski definition) is 4. The number of sulfone groups is 1. The molecule has 0 fully saturated rings. The maximum absolute atomic E-state index is 11.6. The molecule has 0 saturated heterocycles. The van der Waals surface area contributed by atoms with Gasteiger partial charge in [0.05, 0.1) is 10.6 Å². The Morgan fingerprint density at radius 2 is 1.76 bits per heavy atom. The first-order valence-corrected chi connectivity index (χ1v) is 8.69. The normalized spacial score (nSPS) is 11.3. The second kappa shape index (κ2) is 6.18. The Bertz CT molecular complexity index is 712. The zero-order chi connectivity index (χ0) is 15.5. The molecule has 4 nitrogen and oxygen atoms in total. The van der Waals surface area contributed by atoms with Gasteiger partial charge in [0.15, 0.2) is 9.84 Å². The van der Waals surface area contributed by atoms with Crippen LogP contribution < -0.4 is 10.6 Å². The zero-order valence-corrected chi connectivity index (χ0v) is 13.1. The average molecular weight is 304 g/mol. The second-order valence-electron chi connectivity index (χ2n) is 4.99. The molecule has 0 unspecified atom stereocenters. The highest BCUT2D eigenvalue weighted by Crippen LogP contribution is 2.25. The number of rotatable bonds is 5. The van der Waals surface area contributed by atoms with Gasteiger partial charge in [-0.2, -0.15) is 0 Å². The molecular formula is C16H20N2O2S. The molecule has 0 aliphatic rings. The molecule has 2 aromatic carbocycles. The summed E-state index contributed by atoms with van der Waals surface area (Å²) in [7, 11) is -3.29. The predicted octanol–water partition coefficient (Wildman–Crippen LogP) is 2.70. The van der Waals surface area contributed by atoms with Gasteiger partial charge in [0.25, 0.3) is 0 Å². The highest BCUT2D eigenvalue weighted by molar-refractivity contribution is 7.90. The van der Waals surface area contributed by atoms with Crippen LogP contribution in [0.4, 0.5) is 11.4 Å². The maximum Gasteiger partial charge on any atom is 0.177 e. The highest BCUT2D eigenvalue weighted by atomic mass is 32.2. The van der Waals surface area contributed by atoms with Crippen molar-refractivity contribution in [3.8, 4) is 0 Å². The lowest BCUT2D eigenvalue weighted by Gasteiger charge is -2.24. The number of anilines is 2. The molecule has 112 valence electrons. The molecule has 0 aliphatic carbocycles. The number of nitrogens with two attached hydrogens (primary N) is 1. The van der Waals surface area contributed by atoms with Gasteiger partial charge in [-0.3, -0.25) is 0 Å². The third kappa shape index (κ3) is 3.76. The van der Waals surface area contributed by atoms with Crippen molar-refractivity contribution >= 4 is 21.2 Å². The van der Waals surface area contributed by atoms with Crippen LogP contribution in [0.3, 0.4) is 0 Å². The molecule has 0 amide bonds. The van der Waals surface area contributed by atoms with E-state index in [1.165, 1.54) is 11.8 Å². The summed E-state index contributed by atoms with van der Waals surface area (Å²) in [5.41, 5.74) is 8.30. The molecule has 2 rings (SSSR count). The lowest BCUT2D eigenvalue weighted by atomic mass is 10.2. The number of hydrogen-bond donors (Lipinski definition) is 1. The zero-order valence-electron chi connectivity index (χ0n) is 12.3. The van der Waals surface area contributed by atoms with E-state index in [1.807, 2.05) is 18.2 Å². The summed E-state index contributed by atoms with van der Waals surface area (Å²) in [6.07, 6.45) is 1.17. The minimum atomic E-state index is -3.29. The van der Waals surface area contributed by atoms with Crippen molar-refractivity contribution in [2.24, 2.45) is 0 Å². The standard InChI is InChI=1S/C16H20N2O2S/c1-3-18(12-13-7-5-4-6-8-13)14-9-10-16(15(17)11-14)21(2,19)20/h4-11H,3,12,17H2,1-2H3. The fourth-order valence-electron chi connectivity index (χ4n) is 2.26. The van der Waals surface area contributed by atoms with Gasteiger partial charge in [-0.05, 0) is 30.7 Å². The molecule has 0 saturated carbocycles. The minimum Gasteiger partial charge on any atom is -0.398 e. The third-order valence-electron chi connectivity index (χ3n) is 3.36. The minimum absolute atomic E-state index is 0.182.